The van der Waals surface area contributed by atoms with Gasteiger partial charge in [-0.15, -0.1) is 0 Å². The first-order valence-electron chi connectivity index (χ1n) is 12.0. The highest BCUT2D eigenvalue weighted by atomic mass is 19.4. The van der Waals surface area contributed by atoms with Crippen LogP contribution in [0.3, 0.4) is 0 Å². The predicted octanol–water partition coefficient (Wildman–Crippen LogP) is 6.24. The average molecular weight is 518 g/mol. The van der Waals surface area contributed by atoms with Crippen LogP contribution in [0, 0.1) is 0 Å². The lowest BCUT2D eigenvalue weighted by Crippen LogP contribution is -2.45. The van der Waals surface area contributed by atoms with E-state index in [4.69, 9.17) is 0 Å². The first-order valence-corrected chi connectivity index (χ1v) is 12.0. The minimum Gasteiger partial charge on any atom is -0.480 e. The third-order valence-electron chi connectivity index (χ3n) is 6.58. The highest BCUT2D eigenvalue weighted by Gasteiger charge is 2.39. The van der Waals surface area contributed by atoms with Crippen molar-refractivity contribution in [1.82, 2.24) is 5.32 Å². The van der Waals surface area contributed by atoms with Gasteiger partial charge in [0.25, 0.3) is 0 Å². The van der Waals surface area contributed by atoms with Crippen LogP contribution in [-0.4, -0.2) is 23.0 Å². The van der Waals surface area contributed by atoms with Gasteiger partial charge < -0.3 is 10.4 Å². The number of rotatable bonds is 9. The number of carboxylic acid groups (broad SMARTS) is 1. The molecule has 4 aromatic rings. The van der Waals surface area contributed by atoms with Crippen molar-refractivity contribution in [2.24, 2.45) is 0 Å². The van der Waals surface area contributed by atoms with E-state index in [2.05, 4.69) is 5.32 Å². The molecule has 0 unspecified atom stereocenters. The number of nitrogens with one attached hydrogen (secondary N) is 1. The number of carboxylic acids is 1. The number of amides is 1. The van der Waals surface area contributed by atoms with Crippen LogP contribution in [0.4, 0.5) is 13.2 Å². The van der Waals surface area contributed by atoms with E-state index in [-0.39, 0.29) is 12.8 Å². The van der Waals surface area contributed by atoms with Gasteiger partial charge in [0.05, 0.1) is 11.0 Å². The van der Waals surface area contributed by atoms with Crippen LogP contribution in [0.15, 0.2) is 115 Å². The molecule has 0 aliphatic heterocycles. The quantitative estimate of drug-likeness (QED) is 0.258. The maximum atomic E-state index is 13.5. The lowest BCUT2D eigenvalue weighted by molar-refractivity contribution is -0.142. The number of alkyl halides is 3. The molecular weight excluding hydrogens is 491 g/mol. The number of carbonyl (C=O) groups excluding carboxylic acids is 1. The normalized spacial score (nSPS) is 12.5. The Hall–Kier alpha value is -4.39. The summed E-state index contributed by atoms with van der Waals surface area (Å²) < 4.78 is 38.7. The standard InChI is InChI=1S/C31H26F3NO3/c32-31(33,34)26-18-16-22(17-19-26)20-27(29(37)38)35-28(36)21-30(23-10-4-1-5-11-23,24-12-6-2-7-13-24)25-14-8-3-9-15-25/h1-19,27H,20-21H2,(H,35,36)(H,37,38)/t27-/m1/s1. The first-order chi connectivity index (χ1) is 18.2. The molecule has 194 valence electrons. The van der Waals surface area contributed by atoms with Gasteiger partial charge in [0.15, 0.2) is 0 Å². The summed E-state index contributed by atoms with van der Waals surface area (Å²) in [7, 11) is 0. The van der Waals surface area contributed by atoms with Crippen molar-refractivity contribution in [3.63, 3.8) is 0 Å². The Kier molecular flexibility index (Phi) is 7.96. The molecule has 0 spiro atoms. The molecule has 7 heteroatoms. The number of hydrogen-bond donors (Lipinski definition) is 2. The van der Waals surface area contributed by atoms with Crippen LogP contribution >= 0.6 is 0 Å². The molecule has 38 heavy (non-hydrogen) atoms. The molecule has 4 nitrogen and oxygen atoms in total. The molecule has 0 bridgehead atoms. The second kappa shape index (κ2) is 11.3. The zero-order valence-electron chi connectivity index (χ0n) is 20.4. The predicted molar refractivity (Wildman–Crippen MR) is 139 cm³/mol. The second-order valence-corrected chi connectivity index (χ2v) is 9.04. The largest absolute Gasteiger partial charge is 0.480 e. The van der Waals surface area contributed by atoms with Crippen LogP contribution in [0.5, 0.6) is 0 Å². The molecule has 0 aromatic heterocycles. The first kappa shape index (κ1) is 26.7. The second-order valence-electron chi connectivity index (χ2n) is 9.04. The monoisotopic (exact) mass is 517 g/mol. The number of aliphatic carboxylic acids is 1. The minimum absolute atomic E-state index is 0.0815. The Labute approximate surface area is 218 Å². The van der Waals surface area contributed by atoms with Crippen LogP contribution in [-0.2, 0) is 27.6 Å². The molecule has 0 saturated heterocycles. The van der Waals surface area contributed by atoms with E-state index in [0.717, 1.165) is 28.8 Å². The average Bonchev–Trinajstić information content (AvgIpc) is 2.92. The molecule has 0 saturated carbocycles. The highest BCUT2D eigenvalue weighted by molar-refractivity contribution is 5.85. The maximum Gasteiger partial charge on any atom is 0.416 e. The molecule has 1 atom stereocenters. The molecule has 1 amide bonds. The third-order valence-corrected chi connectivity index (χ3v) is 6.58. The van der Waals surface area contributed by atoms with E-state index in [1.165, 1.54) is 12.1 Å². The van der Waals surface area contributed by atoms with Gasteiger partial charge in [0.1, 0.15) is 6.04 Å². The number of benzene rings is 4. The van der Waals surface area contributed by atoms with Crippen LogP contribution in [0.1, 0.15) is 34.2 Å². The van der Waals surface area contributed by atoms with Gasteiger partial charge in [-0.2, -0.15) is 13.2 Å². The van der Waals surface area contributed by atoms with E-state index >= 15 is 0 Å². The fourth-order valence-electron chi connectivity index (χ4n) is 4.73. The van der Waals surface area contributed by atoms with Crippen molar-refractivity contribution in [3.05, 3.63) is 143 Å². The summed E-state index contributed by atoms with van der Waals surface area (Å²) in [6.07, 6.45) is -4.73. The van der Waals surface area contributed by atoms with Crippen molar-refractivity contribution in [2.45, 2.75) is 30.5 Å². The summed E-state index contributed by atoms with van der Waals surface area (Å²) in [6, 6.07) is 31.5. The lowest BCUT2D eigenvalue weighted by Gasteiger charge is -2.36. The molecule has 4 aromatic carbocycles. The Bertz CT molecular complexity index is 1260. The summed E-state index contributed by atoms with van der Waals surface area (Å²) in [4.78, 5) is 25.6. The van der Waals surface area contributed by atoms with Crippen molar-refractivity contribution >= 4 is 11.9 Å². The van der Waals surface area contributed by atoms with Crippen molar-refractivity contribution < 1.29 is 27.9 Å². The van der Waals surface area contributed by atoms with E-state index in [1.807, 2.05) is 91.0 Å². The van der Waals surface area contributed by atoms with Crippen LogP contribution < -0.4 is 5.32 Å². The molecule has 0 fully saturated rings. The molecule has 0 heterocycles. The molecule has 2 N–H and O–H groups in total. The molecule has 0 radical (unpaired) electrons. The van der Waals surface area contributed by atoms with Gasteiger partial charge in [0, 0.05) is 12.8 Å². The molecule has 0 aliphatic carbocycles. The fraction of sp³-hybridized carbons (Fsp3) is 0.161. The summed E-state index contributed by atoms with van der Waals surface area (Å²) >= 11 is 0. The van der Waals surface area contributed by atoms with Crippen LogP contribution in [0.2, 0.25) is 0 Å². The number of hydrogen-bond acceptors (Lipinski definition) is 2. The van der Waals surface area contributed by atoms with E-state index < -0.39 is 35.1 Å². The van der Waals surface area contributed by atoms with E-state index in [1.54, 1.807) is 0 Å². The smallest absolute Gasteiger partial charge is 0.416 e. The number of halogens is 3. The summed E-state index contributed by atoms with van der Waals surface area (Å²) in [5, 5.41) is 12.4. The Morgan fingerprint density at radius 1 is 0.658 bits per heavy atom. The van der Waals surface area contributed by atoms with Crippen molar-refractivity contribution in [3.8, 4) is 0 Å². The van der Waals surface area contributed by atoms with Gasteiger partial charge in [-0.1, -0.05) is 103 Å². The van der Waals surface area contributed by atoms with Gasteiger partial charge in [-0.25, -0.2) is 4.79 Å². The SMILES string of the molecule is O=C(CC(c1ccccc1)(c1ccccc1)c1ccccc1)N[C@H](Cc1ccc(C(F)(F)F)cc1)C(=O)O. The maximum absolute atomic E-state index is 13.5. The van der Waals surface area contributed by atoms with Gasteiger partial charge >= 0.3 is 12.1 Å². The summed E-state index contributed by atoms with van der Waals surface area (Å²) in [6.45, 7) is 0. The summed E-state index contributed by atoms with van der Waals surface area (Å²) in [5.41, 5.74) is 1.22. The van der Waals surface area contributed by atoms with Gasteiger partial charge in [0.2, 0.25) is 5.91 Å². The Morgan fingerprint density at radius 3 is 1.45 bits per heavy atom. The van der Waals surface area contributed by atoms with E-state index in [9.17, 15) is 27.9 Å². The lowest BCUT2D eigenvalue weighted by atomic mass is 9.67. The third kappa shape index (κ3) is 5.94. The minimum atomic E-state index is -4.49. The zero-order valence-corrected chi connectivity index (χ0v) is 20.4. The fourth-order valence-corrected chi connectivity index (χ4v) is 4.73. The van der Waals surface area contributed by atoms with Crippen molar-refractivity contribution in [2.75, 3.05) is 0 Å². The van der Waals surface area contributed by atoms with Gasteiger partial charge in [-0.3, -0.25) is 4.79 Å². The Morgan fingerprint density at radius 2 is 1.08 bits per heavy atom. The number of carbonyl (C=O) groups is 2. The molecule has 4 rings (SSSR count). The molecular formula is C31H26F3NO3. The highest BCUT2D eigenvalue weighted by Crippen LogP contribution is 2.42. The topological polar surface area (TPSA) is 66.4 Å². The van der Waals surface area contributed by atoms with Crippen LogP contribution in [0.25, 0.3) is 0 Å². The van der Waals surface area contributed by atoms with E-state index in [0.29, 0.717) is 5.56 Å². The summed E-state index contributed by atoms with van der Waals surface area (Å²) in [5.74, 6) is -1.77. The zero-order chi connectivity index (χ0) is 27.2. The Balaban J connectivity index is 1.67. The van der Waals surface area contributed by atoms with Crippen molar-refractivity contribution in [1.29, 1.82) is 0 Å². The molecule has 0 aliphatic rings. The van der Waals surface area contributed by atoms with Gasteiger partial charge in [-0.05, 0) is 34.4 Å².